The van der Waals surface area contributed by atoms with Crippen LogP contribution in [0.15, 0.2) is 48.6 Å². The lowest BCUT2D eigenvalue weighted by Crippen LogP contribution is -2.60. The minimum absolute atomic E-state index is 0.0651. The predicted molar refractivity (Wildman–Crippen MR) is 164 cm³/mol. The third kappa shape index (κ3) is 8.19. The maximum absolute atomic E-state index is 12.6. The highest BCUT2D eigenvalue weighted by atomic mass is 35.5. The first-order valence-corrected chi connectivity index (χ1v) is 15.8. The molecule has 1 amide bonds. The molecule has 0 spiro atoms. The molecule has 0 radical (unpaired) electrons. The molecular formula is C31H41ClN2O7S. The van der Waals surface area contributed by atoms with Crippen LogP contribution in [0.2, 0.25) is 5.02 Å². The molecule has 2 aliphatic rings. The van der Waals surface area contributed by atoms with Crippen LogP contribution in [0.25, 0.3) is 10.1 Å². The third-order valence-electron chi connectivity index (χ3n) is 8.12. The van der Waals surface area contributed by atoms with Crippen molar-refractivity contribution >= 4 is 44.9 Å². The molecule has 2 aliphatic heterocycles. The summed E-state index contributed by atoms with van der Waals surface area (Å²) in [6, 6.07) is 7.60. The number of nitrogens with one attached hydrogen (secondary N) is 1. The maximum Gasteiger partial charge on any atom is 0.303 e. The van der Waals surface area contributed by atoms with Crippen LogP contribution in [0.3, 0.4) is 0 Å². The van der Waals surface area contributed by atoms with Gasteiger partial charge in [0.25, 0.3) is 0 Å². The van der Waals surface area contributed by atoms with Gasteiger partial charge in [0.05, 0.1) is 29.9 Å². The number of aliphatic carboxylic acids is 1. The number of carboxylic acid groups (broad SMARTS) is 1. The first-order valence-electron chi connectivity index (χ1n) is 14.6. The Labute approximate surface area is 255 Å². The molecule has 0 aliphatic carbocycles. The number of ether oxygens (including phenoxy) is 1. The molecule has 5 N–H and O–H groups in total. The fourth-order valence-corrected chi connectivity index (χ4v) is 7.08. The van der Waals surface area contributed by atoms with Crippen LogP contribution in [0.1, 0.15) is 50.3 Å². The number of thiophene rings is 1. The van der Waals surface area contributed by atoms with E-state index in [9.17, 15) is 24.9 Å². The number of amides is 1. The van der Waals surface area contributed by atoms with Crippen molar-refractivity contribution in [3.8, 4) is 0 Å². The van der Waals surface area contributed by atoms with Gasteiger partial charge in [-0.15, -0.1) is 11.3 Å². The van der Waals surface area contributed by atoms with E-state index in [2.05, 4.69) is 5.32 Å². The number of halogens is 1. The molecule has 1 aromatic heterocycles. The van der Waals surface area contributed by atoms with E-state index in [1.165, 1.54) is 0 Å². The Hall–Kier alpha value is -2.31. The summed E-state index contributed by atoms with van der Waals surface area (Å²) in [5, 5.41) is 45.0. The van der Waals surface area contributed by atoms with Crippen LogP contribution >= 0.6 is 22.9 Å². The molecular weight excluding hydrogens is 580 g/mol. The molecule has 4 rings (SSSR count). The second-order valence-electron chi connectivity index (χ2n) is 11.1. The van der Waals surface area contributed by atoms with E-state index in [1.807, 2.05) is 53.5 Å². The second kappa shape index (κ2) is 15.4. The monoisotopic (exact) mass is 620 g/mol. The van der Waals surface area contributed by atoms with Gasteiger partial charge in [0, 0.05) is 46.3 Å². The topological polar surface area (TPSA) is 140 Å². The van der Waals surface area contributed by atoms with Crippen LogP contribution in [-0.2, 0) is 20.7 Å². The number of fused-ring (bicyclic) bond motifs is 1. The Morgan fingerprint density at radius 2 is 2.05 bits per heavy atom. The molecule has 42 heavy (non-hydrogen) atoms. The number of unbranched alkanes of at least 4 members (excludes halogenated alkanes) is 1. The first-order chi connectivity index (χ1) is 20.2. The number of nitrogens with zero attached hydrogens (tertiary/aromatic N) is 1. The fraction of sp³-hybridized carbons (Fsp3) is 0.548. The number of aliphatic hydroxyl groups is 3. The summed E-state index contributed by atoms with van der Waals surface area (Å²) in [4.78, 5) is 26.2. The SMILES string of the molecule is C[C@H]1[C@H](O)[C@@H](O)C(NC(/C=C/[C@H]2CCC(=O)N2C/C=C\CCCC(=O)O)CCc2sc3ccccc3c2Cl)O[C@@H]1CO. The van der Waals surface area contributed by atoms with Gasteiger partial charge in [-0.3, -0.25) is 14.9 Å². The van der Waals surface area contributed by atoms with Crippen LogP contribution < -0.4 is 5.32 Å². The first kappa shape index (κ1) is 32.6. The lowest BCUT2D eigenvalue weighted by molar-refractivity contribution is -0.214. The highest BCUT2D eigenvalue weighted by Gasteiger charge is 2.42. The lowest BCUT2D eigenvalue weighted by atomic mass is 9.90. The molecule has 9 nitrogen and oxygen atoms in total. The molecule has 3 heterocycles. The van der Waals surface area contributed by atoms with Gasteiger partial charge in [-0.1, -0.05) is 61.0 Å². The number of hydrogen-bond acceptors (Lipinski definition) is 8. The van der Waals surface area contributed by atoms with Crippen LogP contribution in [0, 0.1) is 5.92 Å². The summed E-state index contributed by atoms with van der Waals surface area (Å²) in [6.07, 6.45) is 7.81. The lowest BCUT2D eigenvalue weighted by Gasteiger charge is -2.42. The largest absolute Gasteiger partial charge is 0.481 e. The second-order valence-corrected chi connectivity index (χ2v) is 12.6. The van der Waals surface area contributed by atoms with Crippen molar-refractivity contribution in [2.45, 2.75) is 88.5 Å². The molecule has 230 valence electrons. The Kier molecular flexibility index (Phi) is 12.0. The molecule has 2 fully saturated rings. The molecule has 0 bridgehead atoms. The van der Waals surface area contributed by atoms with Crippen molar-refractivity contribution in [1.29, 1.82) is 0 Å². The van der Waals surface area contributed by atoms with Gasteiger partial charge in [-0.25, -0.2) is 0 Å². The quantitative estimate of drug-likeness (QED) is 0.158. The molecule has 11 heteroatoms. The number of carbonyl (C=O) groups is 2. The van der Waals surface area contributed by atoms with Gasteiger partial charge in [-0.05, 0) is 38.2 Å². The average Bonchev–Trinajstić information content (AvgIpc) is 3.50. The number of allylic oxidation sites excluding steroid dienone is 1. The van der Waals surface area contributed by atoms with E-state index >= 15 is 0 Å². The van der Waals surface area contributed by atoms with Crippen LogP contribution in [0.5, 0.6) is 0 Å². The van der Waals surface area contributed by atoms with Gasteiger partial charge in [-0.2, -0.15) is 0 Å². The van der Waals surface area contributed by atoms with E-state index in [1.54, 1.807) is 18.3 Å². The molecule has 1 aromatic carbocycles. The normalized spacial score (nSPS) is 27.5. The van der Waals surface area contributed by atoms with Crippen molar-refractivity contribution in [2.24, 2.45) is 5.92 Å². The maximum atomic E-state index is 12.6. The van der Waals surface area contributed by atoms with Crippen molar-refractivity contribution < 1.29 is 34.8 Å². The predicted octanol–water partition coefficient (Wildman–Crippen LogP) is 3.88. The number of hydrogen-bond donors (Lipinski definition) is 5. The van der Waals surface area contributed by atoms with Gasteiger partial charge >= 0.3 is 5.97 Å². The number of aryl methyl sites for hydroxylation is 1. The number of carbonyl (C=O) groups excluding carboxylic acids is 1. The zero-order valence-electron chi connectivity index (χ0n) is 23.8. The summed E-state index contributed by atoms with van der Waals surface area (Å²) in [7, 11) is 0. The van der Waals surface area contributed by atoms with E-state index in [0.717, 1.165) is 20.0 Å². The molecule has 2 aromatic rings. The van der Waals surface area contributed by atoms with Gasteiger partial charge in [0.1, 0.15) is 12.3 Å². The summed E-state index contributed by atoms with van der Waals surface area (Å²) in [5.74, 6) is -1.18. The Balaban J connectivity index is 1.47. The number of rotatable bonds is 14. The number of benzene rings is 1. The highest BCUT2D eigenvalue weighted by molar-refractivity contribution is 7.19. The zero-order chi connectivity index (χ0) is 30.2. The Morgan fingerprint density at radius 1 is 1.26 bits per heavy atom. The summed E-state index contributed by atoms with van der Waals surface area (Å²) < 4.78 is 7.07. The van der Waals surface area contributed by atoms with Gasteiger partial charge < -0.3 is 30.1 Å². The number of carboxylic acids is 1. The molecule has 0 saturated carbocycles. The van der Waals surface area contributed by atoms with Crippen molar-refractivity contribution in [1.82, 2.24) is 10.2 Å². The zero-order valence-corrected chi connectivity index (χ0v) is 25.3. The molecule has 7 atom stereocenters. The van der Waals surface area contributed by atoms with Crippen LogP contribution in [-0.4, -0.2) is 87.0 Å². The number of likely N-dealkylation sites (tertiary alicyclic amines) is 1. The van der Waals surface area contributed by atoms with E-state index < -0.39 is 36.4 Å². The Bertz CT molecular complexity index is 1270. The minimum atomic E-state index is -1.18. The smallest absolute Gasteiger partial charge is 0.303 e. The Morgan fingerprint density at radius 3 is 2.79 bits per heavy atom. The fourth-order valence-electron chi connectivity index (χ4n) is 5.54. The van der Waals surface area contributed by atoms with E-state index in [4.69, 9.17) is 21.4 Å². The van der Waals surface area contributed by atoms with Crippen molar-refractivity contribution in [3.05, 3.63) is 58.5 Å². The molecule has 2 saturated heterocycles. The number of aliphatic hydroxyl groups excluding tert-OH is 3. The van der Waals surface area contributed by atoms with Gasteiger partial charge in [0.15, 0.2) is 0 Å². The van der Waals surface area contributed by atoms with Crippen LogP contribution in [0.4, 0.5) is 0 Å². The third-order valence-corrected chi connectivity index (χ3v) is 9.89. The van der Waals surface area contributed by atoms with Gasteiger partial charge in [0.2, 0.25) is 5.91 Å². The van der Waals surface area contributed by atoms with Crippen molar-refractivity contribution in [3.63, 3.8) is 0 Å². The molecule has 2 unspecified atom stereocenters. The van der Waals surface area contributed by atoms with Crippen molar-refractivity contribution in [2.75, 3.05) is 13.2 Å². The average molecular weight is 621 g/mol. The standard InChI is InChI=1S/C31H41ClN2O7S/c1-19-23(18-35)41-31(30(40)29(19)39)33-20(12-15-25-28(32)22-8-5-6-9-24(22)42-25)11-13-21-14-16-26(36)34(21)17-7-3-2-4-10-27(37)38/h3,5-9,11,13,19-21,23,29-31,33,35,39-40H,2,4,10,12,14-18H2,1H3,(H,37,38)/b7-3-,13-11+/t19-,20?,21+,23-,29+,30-,31?/m1/s1. The summed E-state index contributed by atoms with van der Waals surface area (Å²) in [6.45, 7) is 1.91. The van der Waals surface area contributed by atoms with E-state index in [0.29, 0.717) is 45.1 Å². The summed E-state index contributed by atoms with van der Waals surface area (Å²) in [5.41, 5.74) is 0. The highest BCUT2D eigenvalue weighted by Crippen LogP contribution is 2.36. The summed E-state index contributed by atoms with van der Waals surface area (Å²) >= 11 is 8.35. The van der Waals surface area contributed by atoms with E-state index in [-0.39, 0.29) is 31.0 Å². The minimum Gasteiger partial charge on any atom is -0.481 e.